The Kier molecular flexibility index (Phi) is 4.44. The van der Waals surface area contributed by atoms with Crippen LogP contribution in [0.1, 0.15) is 24.4 Å². The maximum Gasteiger partial charge on any atom is 0.265 e. The van der Waals surface area contributed by atoms with E-state index in [4.69, 9.17) is 0 Å². The van der Waals surface area contributed by atoms with Crippen LogP contribution < -0.4 is 5.56 Å². The third-order valence-corrected chi connectivity index (χ3v) is 4.80. The van der Waals surface area contributed by atoms with E-state index in [-0.39, 0.29) is 17.8 Å². The number of halogens is 1. The molecule has 140 valence electrons. The second-order valence-corrected chi connectivity index (χ2v) is 6.62. The summed E-state index contributed by atoms with van der Waals surface area (Å²) in [7, 11) is 0. The molecule has 27 heavy (non-hydrogen) atoms. The summed E-state index contributed by atoms with van der Waals surface area (Å²) in [6.07, 6.45) is 3.36. The first kappa shape index (κ1) is 17.3. The Morgan fingerprint density at radius 2 is 2.11 bits per heavy atom. The number of fused-ring (bicyclic) bond motifs is 1. The van der Waals surface area contributed by atoms with Gasteiger partial charge in [-0.2, -0.15) is 5.10 Å². The van der Waals surface area contributed by atoms with E-state index >= 15 is 0 Å². The zero-order valence-corrected chi connectivity index (χ0v) is 14.4. The largest absolute Gasteiger partial charge is 0.391 e. The topological polar surface area (TPSA) is 104 Å². The SMILES string of the molecule is O=C(C(c1ccc(F)cc1)n1cnc2[nH]ncc2c1=O)N1CCCC(O)C1. The van der Waals surface area contributed by atoms with Crippen molar-refractivity contribution in [2.75, 3.05) is 13.1 Å². The van der Waals surface area contributed by atoms with Crippen LogP contribution in [0.3, 0.4) is 0 Å². The minimum absolute atomic E-state index is 0.201. The van der Waals surface area contributed by atoms with Crippen molar-refractivity contribution in [2.24, 2.45) is 0 Å². The van der Waals surface area contributed by atoms with Crippen LogP contribution in [0.4, 0.5) is 4.39 Å². The lowest BCUT2D eigenvalue weighted by Gasteiger charge is -2.33. The fourth-order valence-electron chi connectivity index (χ4n) is 3.42. The van der Waals surface area contributed by atoms with Crippen molar-refractivity contribution in [1.29, 1.82) is 0 Å². The van der Waals surface area contributed by atoms with Crippen LogP contribution in [-0.2, 0) is 4.79 Å². The first-order chi connectivity index (χ1) is 13.0. The quantitative estimate of drug-likeness (QED) is 0.710. The predicted molar refractivity (Wildman–Crippen MR) is 94.5 cm³/mol. The van der Waals surface area contributed by atoms with Gasteiger partial charge in [0.2, 0.25) is 0 Å². The van der Waals surface area contributed by atoms with Gasteiger partial charge in [0.15, 0.2) is 5.65 Å². The average molecular weight is 371 g/mol. The van der Waals surface area contributed by atoms with Crippen molar-refractivity contribution in [3.63, 3.8) is 0 Å². The number of likely N-dealkylation sites (tertiary alicyclic amines) is 1. The number of amides is 1. The summed E-state index contributed by atoms with van der Waals surface area (Å²) in [4.78, 5) is 31.9. The number of H-pyrrole nitrogens is 1. The maximum atomic E-state index is 13.4. The van der Waals surface area contributed by atoms with Gasteiger partial charge in [-0.1, -0.05) is 12.1 Å². The van der Waals surface area contributed by atoms with Gasteiger partial charge in [0.05, 0.1) is 12.3 Å². The zero-order chi connectivity index (χ0) is 19.0. The second-order valence-electron chi connectivity index (χ2n) is 6.62. The fourth-order valence-corrected chi connectivity index (χ4v) is 3.42. The van der Waals surface area contributed by atoms with Crippen molar-refractivity contribution >= 4 is 16.9 Å². The Hall–Kier alpha value is -3.07. The number of hydrogen-bond donors (Lipinski definition) is 2. The molecule has 2 atom stereocenters. The predicted octanol–water partition coefficient (Wildman–Crippen LogP) is 0.831. The van der Waals surface area contributed by atoms with E-state index in [0.29, 0.717) is 30.6 Å². The summed E-state index contributed by atoms with van der Waals surface area (Å²) < 4.78 is 14.6. The van der Waals surface area contributed by atoms with E-state index in [1.165, 1.54) is 46.3 Å². The van der Waals surface area contributed by atoms with E-state index in [1.807, 2.05) is 0 Å². The summed E-state index contributed by atoms with van der Waals surface area (Å²) in [6.45, 7) is 0.691. The molecule has 3 aromatic rings. The van der Waals surface area contributed by atoms with Gasteiger partial charge in [-0.15, -0.1) is 0 Å². The van der Waals surface area contributed by atoms with Crippen molar-refractivity contribution in [1.82, 2.24) is 24.6 Å². The summed E-state index contributed by atoms with van der Waals surface area (Å²) in [5.74, 6) is -0.777. The lowest BCUT2D eigenvalue weighted by Crippen LogP contribution is -2.47. The molecule has 0 spiro atoms. The molecule has 0 saturated carbocycles. The molecule has 2 unspecified atom stereocenters. The first-order valence-electron chi connectivity index (χ1n) is 8.67. The van der Waals surface area contributed by atoms with Crippen LogP contribution in [0.5, 0.6) is 0 Å². The Morgan fingerprint density at radius 3 is 2.85 bits per heavy atom. The standard InChI is InChI=1S/C18H18FN5O3/c19-12-5-3-11(4-6-12)15(18(27)23-7-1-2-13(25)9-23)24-10-20-16-14(17(24)26)8-21-22-16/h3-6,8,10,13,15,25H,1-2,7,9H2,(H,21,22). The van der Waals surface area contributed by atoms with Gasteiger partial charge in [-0.25, -0.2) is 9.37 Å². The molecule has 1 aliphatic heterocycles. The van der Waals surface area contributed by atoms with Gasteiger partial charge >= 0.3 is 0 Å². The summed E-state index contributed by atoms with van der Waals surface area (Å²) in [6, 6.07) is 4.44. The third-order valence-electron chi connectivity index (χ3n) is 4.80. The highest BCUT2D eigenvalue weighted by molar-refractivity contribution is 5.84. The van der Waals surface area contributed by atoms with Crippen molar-refractivity contribution < 1.29 is 14.3 Å². The molecule has 2 N–H and O–H groups in total. The second kappa shape index (κ2) is 6.92. The van der Waals surface area contributed by atoms with Gasteiger partial charge in [0.1, 0.15) is 23.6 Å². The van der Waals surface area contributed by atoms with Crippen LogP contribution in [0.25, 0.3) is 11.0 Å². The molecule has 4 rings (SSSR count). The van der Waals surface area contributed by atoms with Crippen LogP contribution in [-0.4, -0.2) is 54.9 Å². The molecule has 1 aromatic carbocycles. The molecule has 1 aliphatic rings. The number of aromatic nitrogens is 4. The molecule has 2 aromatic heterocycles. The smallest absolute Gasteiger partial charge is 0.265 e. The molecule has 8 nitrogen and oxygen atoms in total. The molecule has 1 saturated heterocycles. The fraction of sp³-hybridized carbons (Fsp3) is 0.333. The van der Waals surface area contributed by atoms with Gasteiger partial charge in [-0.3, -0.25) is 19.3 Å². The molecule has 0 bridgehead atoms. The molecule has 1 amide bonds. The minimum Gasteiger partial charge on any atom is -0.391 e. The van der Waals surface area contributed by atoms with Crippen molar-refractivity contribution in [2.45, 2.75) is 25.0 Å². The highest BCUT2D eigenvalue weighted by atomic mass is 19.1. The van der Waals surface area contributed by atoms with Crippen LogP contribution in [0.15, 0.2) is 41.6 Å². The Bertz CT molecular complexity index is 1030. The summed E-state index contributed by atoms with van der Waals surface area (Å²) in [5, 5.41) is 16.6. The Morgan fingerprint density at radius 1 is 1.33 bits per heavy atom. The number of β-amino-alcohol motifs (C(OH)–C–C–N with tert-alkyl or cyclic N) is 1. The number of benzene rings is 1. The van der Waals surface area contributed by atoms with E-state index in [1.54, 1.807) is 0 Å². The van der Waals surface area contributed by atoms with Crippen LogP contribution >= 0.6 is 0 Å². The number of nitrogens with one attached hydrogen (secondary N) is 1. The van der Waals surface area contributed by atoms with Gasteiger partial charge in [0.25, 0.3) is 11.5 Å². The number of rotatable bonds is 3. The molecule has 1 fully saturated rings. The minimum atomic E-state index is -1.00. The average Bonchev–Trinajstić information content (AvgIpc) is 3.15. The number of carbonyl (C=O) groups is 1. The molecule has 9 heteroatoms. The number of piperidine rings is 1. The van der Waals surface area contributed by atoms with Gasteiger partial charge < -0.3 is 10.0 Å². The Balaban J connectivity index is 1.82. The first-order valence-corrected chi connectivity index (χ1v) is 8.67. The number of aliphatic hydroxyl groups excluding tert-OH is 1. The third kappa shape index (κ3) is 3.21. The summed E-state index contributed by atoms with van der Waals surface area (Å²) >= 11 is 0. The van der Waals surface area contributed by atoms with Crippen LogP contribution in [0, 0.1) is 5.82 Å². The number of hydrogen-bond acceptors (Lipinski definition) is 5. The van der Waals surface area contributed by atoms with E-state index in [0.717, 1.165) is 0 Å². The van der Waals surface area contributed by atoms with Gasteiger partial charge in [0, 0.05) is 13.1 Å². The monoisotopic (exact) mass is 371 g/mol. The molecule has 0 radical (unpaired) electrons. The molecule has 3 heterocycles. The highest BCUT2D eigenvalue weighted by Gasteiger charge is 2.31. The van der Waals surface area contributed by atoms with E-state index < -0.39 is 23.5 Å². The van der Waals surface area contributed by atoms with Gasteiger partial charge in [-0.05, 0) is 30.5 Å². The lowest BCUT2D eigenvalue weighted by molar-refractivity contribution is -0.136. The normalized spacial score (nSPS) is 18.6. The highest BCUT2D eigenvalue weighted by Crippen LogP contribution is 2.23. The molecular formula is C18H18FN5O3. The number of carbonyl (C=O) groups excluding carboxylic acids is 1. The molecule has 0 aliphatic carbocycles. The Labute approximate surface area is 153 Å². The maximum absolute atomic E-state index is 13.4. The van der Waals surface area contributed by atoms with Crippen molar-refractivity contribution in [3.8, 4) is 0 Å². The summed E-state index contributed by atoms with van der Waals surface area (Å²) in [5.41, 5.74) is 0.372. The van der Waals surface area contributed by atoms with E-state index in [2.05, 4.69) is 15.2 Å². The molecular weight excluding hydrogens is 353 g/mol. The lowest BCUT2D eigenvalue weighted by atomic mass is 10.0. The number of aliphatic hydroxyl groups is 1. The van der Waals surface area contributed by atoms with Crippen molar-refractivity contribution in [3.05, 3.63) is 58.5 Å². The number of nitrogens with zero attached hydrogens (tertiary/aromatic N) is 4. The van der Waals surface area contributed by atoms with Crippen LogP contribution in [0.2, 0.25) is 0 Å². The zero-order valence-electron chi connectivity index (χ0n) is 14.4. The van der Waals surface area contributed by atoms with E-state index in [9.17, 15) is 19.1 Å². The number of aromatic amines is 1.